The summed E-state index contributed by atoms with van der Waals surface area (Å²) in [7, 11) is 1.75. The molecule has 2 atom stereocenters. The molecule has 0 aromatic heterocycles. The number of hydrogen-bond donors (Lipinski definition) is 1. The van der Waals surface area contributed by atoms with E-state index in [9.17, 15) is 14.9 Å². The van der Waals surface area contributed by atoms with Crippen molar-refractivity contribution in [1.29, 1.82) is 0 Å². The first-order valence-corrected chi connectivity index (χ1v) is 5.38. The molecule has 0 spiro atoms. The number of carbonyl (C=O) groups is 1. The lowest BCUT2D eigenvalue weighted by atomic mass is 9.98. The number of anilines is 1. The van der Waals surface area contributed by atoms with Crippen LogP contribution in [0.25, 0.3) is 0 Å². The molecule has 2 aliphatic rings. The Labute approximate surface area is 97.4 Å². The fraction of sp³-hybridized carbons (Fsp3) is 0.364. The van der Waals surface area contributed by atoms with Gasteiger partial charge >= 0.3 is 0 Å². The van der Waals surface area contributed by atoms with Crippen molar-refractivity contribution in [3.8, 4) is 0 Å². The highest BCUT2D eigenvalue weighted by Gasteiger charge is 2.44. The van der Waals surface area contributed by atoms with Gasteiger partial charge in [0.25, 0.3) is 5.69 Å². The van der Waals surface area contributed by atoms with E-state index in [1.165, 1.54) is 6.07 Å². The second kappa shape index (κ2) is 3.19. The standard InChI is InChI=1S/C11H11N3O3/c1-13-10(15)5-8-7-4-6(14(16)17)2-3-9(7)12-11(8)13/h2-4,8,11-12H,5H2,1H3/t8-,11-/m0/s1. The highest BCUT2D eigenvalue weighted by atomic mass is 16.6. The molecule has 1 amide bonds. The van der Waals surface area contributed by atoms with Gasteiger partial charge in [-0.3, -0.25) is 14.9 Å². The van der Waals surface area contributed by atoms with Gasteiger partial charge in [-0.05, 0) is 11.6 Å². The summed E-state index contributed by atoms with van der Waals surface area (Å²) in [4.78, 5) is 23.6. The first-order valence-electron chi connectivity index (χ1n) is 5.38. The number of rotatable bonds is 1. The van der Waals surface area contributed by atoms with Gasteiger partial charge in [-0.25, -0.2) is 0 Å². The molecule has 1 N–H and O–H groups in total. The number of amides is 1. The minimum Gasteiger partial charge on any atom is -0.364 e. The molecule has 0 radical (unpaired) electrons. The molecule has 88 valence electrons. The van der Waals surface area contributed by atoms with Crippen LogP contribution in [0.2, 0.25) is 0 Å². The molecule has 0 saturated carbocycles. The summed E-state index contributed by atoms with van der Waals surface area (Å²) in [6, 6.07) is 4.76. The van der Waals surface area contributed by atoms with Crippen molar-refractivity contribution in [2.45, 2.75) is 18.5 Å². The number of fused-ring (bicyclic) bond motifs is 3. The molecular weight excluding hydrogens is 222 g/mol. The third kappa shape index (κ3) is 1.30. The topological polar surface area (TPSA) is 75.5 Å². The number of nitro benzene ring substituents is 1. The average molecular weight is 233 g/mol. The number of likely N-dealkylation sites (tertiary alicyclic amines) is 1. The Morgan fingerprint density at radius 2 is 2.29 bits per heavy atom. The van der Waals surface area contributed by atoms with E-state index >= 15 is 0 Å². The van der Waals surface area contributed by atoms with Gasteiger partial charge in [0.15, 0.2) is 0 Å². The van der Waals surface area contributed by atoms with E-state index in [0.717, 1.165) is 11.3 Å². The largest absolute Gasteiger partial charge is 0.364 e. The monoisotopic (exact) mass is 233 g/mol. The lowest BCUT2D eigenvalue weighted by Gasteiger charge is -2.19. The van der Waals surface area contributed by atoms with Crippen LogP contribution in [0.1, 0.15) is 17.9 Å². The lowest BCUT2D eigenvalue weighted by molar-refractivity contribution is -0.384. The summed E-state index contributed by atoms with van der Waals surface area (Å²) in [5.74, 6) is 0.104. The van der Waals surface area contributed by atoms with Crippen LogP contribution in [0.4, 0.5) is 11.4 Å². The molecule has 2 heterocycles. The van der Waals surface area contributed by atoms with E-state index in [0.29, 0.717) is 6.42 Å². The molecule has 6 nitrogen and oxygen atoms in total. The van der Waals surface area contributed by atoms with E-state index in [-0.39, 0.29) is 23.7 Å². The van der Waals surface area contributed by atoms with Gasteiger partial charge in [-0.1, -0.05) is 0 Å². The number of nitrogens with one attached hydrogen (secondary N) is 1. The Balaban J connectivity index is 2.04. The fourth-order valence-corrected chi connectivity index (χ4v) is 2.61. The van der Waals surface area contributed by atoms with E-state index < -0.39 is 4.92 Å². The number of carbonyl (C=O) groups excluding carboxylic acids is 1. The molecule has 1 saturated heterocycles. The number of likely N-dealkylation sites (N-methyl/N-ethyl adjacent to an activating group) is 1. The lowest BCUT2D eigenvalue weighted by Crippen LogP contribution is -2.34. The molecule has 3 rings (SSSR count). The highest BCUT2D eigenvalue weighted by Crippen LogP contribution is 2.44. The Hall–Kier alpha value is -2.11. The summed E-state index contributed by atoms with van der Waals surface area (Å²) in [6.45, 7) is 0. The van der Waals surface area contributed by atoms with Crippen molar-refractivity contribution in [2.24, 2.45) is 0 Å². The molecule has 1 aromatic rings. The summed E-state index contributed by atoms with van der Waals surface area (Å²) in [5, 5.41) is 14.0. The molecule has 1 aromatic carbocycles. The highest BCUT2D eigenvalue weighted by molar-refractivity contribution is 5.83. The Bertz CT molecular complexity index is 529. The summed E-state index contributed by atoms with van der Waals surface area (Å²) >= 11 is 0. The number of nitro groups is 1. The second-order valence-corrected chi connectivity index (χ2v) is 4.43. The van der Waals surface area contributed by atoms with E-state index in [1.54, 1.807) is 24.1 Å². The SMILES string of the molecule is CN1C(=O)C[C@H]2c3cc([N+](=O)[O-])ccc3N[C@H]21. The van der Waals surface area contributed by atoms with Crippen molar-refractivity contribution in [3.63, 3.8) is 0 Å². The molecule has 1 fully saturated rings. The van der Waals surface area contributed by atoms with Crippen molar-refractivity contribution >= 4 is 17.3 Å². The Morgan fingerprint density at radius 3 is 3.00 bits per heavy atom. The van der Waals surface area contributed by atoms with Crippen LogP contribution in [0.15, 0.2) is 18.2 Å². The number of hydrogen-bond acceptors (Lipinski definition) is 4. The van der Waals surface area contributed by atoms with Crippen LogP contribution >= 0.6 is 0 Å². The normalized spacial score (nSPS) is 25.5. The molecule has 0 unspecified atom stereocenters. The van der Waals surface area contributed by atoms with Crippen LogP contribution in [0, 0.1) is 10.1 Å². The Kier molecular flexibility index (Phi) is 1.89. The molecule has 0 aliphatic carbocycles. The van der Waals surface area contributed by atoms with Crippen LogP contribution < -0.4 is 5.32 Å². The van der Waals surface area contributed by atoms with Gasteiger partial charge in [0.05, 0.1) is 4.92 Å². The minimum absolute atomic E-state index is 0.0300. The third-order valence-corrected chi connectivity index (χ3v) is 3.54. The maximum atomic E-state index is 11.6. The zero-order valence-corrected chi connectivity index (χ0v) is 9.21. The smallest absolute Gasteiger partial charge is 0.269 e. The third-order valence-electron chi connectivity index (χ3n) is 3.54. The van der Waals surface area contributed by atoms with Gasteiger partial charge in [0, 0.05) is 37.2 Å². The molecule has 0 bridgehead atoms. The van der Waals surface area contributed by atoms with Crippen LogP contribution in [0.5, 0.6) is 0 Å². The number of non-ortho nitro benzene ring substituents is 1. The van der Waals surface area contributed by atoms with Gasteiger partial charge < -0.3 is 10.2 Å². The van der Waals surface area contributed by atoms with Crippen molar-refractivity contribution in [1.82, 2.24) is 4.90 Å². The predicted molar refractivity (Wildman–Crippen MR) is 60.6 cm³/mol. The van der Waals surface area contributed by atoms with Crippen molar-refractivity contribution in [2.75, 3.05) is 12.4 Å². The van der Waals surface area contributed by atoms with Gasteiger partial charge in [-0.15, -0.1) is 0 Å². The first-order chi connectivity index (χ1) is 8.08. The fourth-order valence-electron chi connectivity index (χ4n) is 2.61. The predicted octanol–water partition coefficient (Wildman–Crippen LogP) is 1.29. The summed E-state index contributed by atoms with van der Waals surface area (Å²) < 4.78 is 0. The molecule has 2 aliphatic heterocycles. The molecule has 6 heteroatoms. The van der Waals surface area contributed by atoms with Gasteiger partial charge in [-0.2, -0.15) is 0 Å². The van der Waals surface area contributed by atoms with E-state index in [2.05, 4.69) is 5.32 Å². The van der Waals surface area contributed by atoms with Crippen molar-refractivity contribution < 1.29 is 9.72 Å². The molecule has 17 heavy (non-hydrogen) atoms. The maximum Gasteiger partial charge on any atom is 0.269 e. The average Bonchev–Trinajstić information content (AvgIpc) is 2.77. The molecular formula is C11H11N3O3. The number of benzene rings is 1. The van der Waals surface area contributed by atoms with Gasteiger partial charge in [0.1, 0.15) is 6.17 Å². The number of nitrogens with zero attached hydrogens (tertiary/aromatic N) is 2. The first kappa shape index (κ1) is 10.1. The summed E-state index contributed by atoms with van der Waals surface area (Å²) in [6.07, 6.45) is 0.363. The van der Waals surface area contributed by atoms with Crippen LogP contribution in [-0.2, 0) is 4.79 Å². The quantitative estimate of drug-likeness (QED) is 0.585. The maximum absolute atomic E-state index is 11.6. The summed E-state index contributed by atoms with van der Waals surface area (Å²) in [5.41, 5.74) is 1.85. The van der Waals surface area contributed by atoms with Crippen LogP contribution in [-0.4, -0.2) is 28.9 Å². The van der Waals surface area contributed by atoms with E-state index in [1.807, 2.05) is 0 Å². The van der Waals surface area contributed by atoms with Gasteiger partial charge in [0.2, 0.25) is 5.91 Å². The minimum atomic E-state index is -0.409. The zero-order chi connectivity index (χ0) is 12.2. The van der Waals surface area contributed by atoms with E-state index in [4.69, 9.17) is 0 Å². The Morgan fingerprint density at radius 1 is 1.53 bits per heavy atom. The van der Waals surface area contributed by atoms with Crippen LogP contribution in [0.3, 0.4) is 0 Å². The van der Waals surface area contributed by atoms with Crippen molar-refractivity contribution in [3.05, 3.63) is 33.9 Å². The second-order valence-electron chi connectivity index (χ2n) is 4.43. The zero-order valence-electron chi connectivity index (χ0n) is 9.21.